The lowest BCUT2D eigenvalue weighted by Crippen LogP contribution is -2.37. The van der Waals surface area contributed by atoms with Crippen molar-refractivity contribution in [2.75, 3.05) is 13.1 Å². The second-order valence-corrected chi connectivity index (χ2v) is 7.83. The van der Waals surface area contributed by atoms with Crippen molar-refractivity contribution in [3.8, 4) is 0 Å². The lowest BCUT2D eigenvalue weighted by molar-refractivity contribution is -0.119. The molecule has 0 aliphatic heterocycles. The van der Waals surface area contributed by atoms with Crippen LogP contribution < -0.4 is 10.0 Å². The molecule has 1 aromatic rings. The maximum absolute atomic E-state index is 12.0. The van der Waals surface area contributed by atoms with Crippen molar-refractivity contribution < 1.29 is 23.1 Å². The molecular weight excluding hydrogens is 372 g/mol. The highest BCUT2D eigenvalue weighted by Gasteiger charge is 2.23. The molecule has 0 fully saturated rings. The van der Waals surface area contributed by atoms with E-state index in [2.05, 4.69) is 26.0 Å². The molecule has 10 heteroatoms. The minimum absolute atomic E-state index is 0.104. The van der Waals surface area contributed by atoms with Gasteiger partial charge in [-0.25, -0.2) is 17.9 Å². The second kappa shape index (κ2) is 7.16. The van der Waals surface area contributed by atoms with Gasteiger partial charge in [-0.3, -0.25) is 4.79 Å². The van der Waals surface area contributed by atoms with Crippen LogP contribution in [0.4, 0.5) is 0 Å². The van der Waals surface area contributed by atoms with Crippen molar-refractivity contribution in [2.24, 2.45) is 0 Å². The summed E-state index contributed by atoms with van der Waals surface area (Å²) in [6.07, 6.45) is 0.747. The molecule has 0 bridgehead atoms. The number of amides is 1. The Hall–Kier alpha value is -0.970. The normalized spacial score (nSPS) is 11.3. The number of carbonyl (C=O) groups is 2. The molecule has 0 radical (unpaired) electrons. The predicted octanol–water partition coefficient (Wildman–Crippen LogP) is 1.01. The summed E-state index contributed by atoms with van der Waals surface area (Å²) in [4.78, 5) is 21.8. The van der Waals surface area contributed by atoms with Crippen LogP contribution in [0.1, 0.15) is 23.0 Å². The number of carbonyl (C=O) groups excluding carboxylic acids is 1. The molecule has 112 valence electrons. The molecule has 0 atom stereocenters. The number of hydrogen-bond donors (Lipinski definition) is 3. The molecule has 0 saturated heterocycles. The maximum atomic E-state index is 12.0. The van der Waals surface area contributed by atoms with Gasteiger partial charge in [0.15, 0.2) is 0 Å². The van der Waals surface area contributed by atoms with E-state index in [1.54, 1.807) is 0 Å². The van der Waals surface area contributed by atoms with E-state index in [0.29, 0.717) is 6.54 Å². The number of nitrogens with one attached hydrogen (secondary N) is 2. The number of carboxylic acids is 1. The molecule has 3 N–H and O–H groups in total. The summed E-state index contributed by atoms with van der Waals surface area (Å²) in [6.45, 7) is 1.94. The van der Waals surface area contributed by atoms with Crippen molar-refractivity contribution in [3.63, 3.8) is 0 Å². The van der Waals surface area contributed by atoms with Crippen LogP contribution in [0.25, 0.3) is 0 Å². The lowest BCUT2D eigenvalue weighted by atomic mass is 10.5. The summed E-state index contributed by atoms with van der Waals surface area (Å²) in [6, 6.07) is 1.05. The molecular formula is C10H13BrN2O5S2. The number of halogens is 1. The Kier molecular flexibility index (Phi) is 6.11. The van der Waals surface area contributed by atoms with Gasteiger partial charge in [-0.15, -0.1) is 11.3 Å². The summed E-state index contributed by atoms with van der Waals surface area (Å²) in [7, 11) is -3.93. The van der Waals surface area contributed by atoms with E-state index < -0.39 is 28.4 Å². The average molecular weight is 385 g/mol. The highest BCUT2D eigenvalue weighted by Crippen LogP contribution is 2.31. The highest BCUT2D eigenvalue weighted by atomic mass is 79.9. The molecule has 0 unspecified atom stereocenters. The van der Waals surface area contributed by atoms with Crippen LogP contribution in [0.5, 0.6) is 0 Å². The predicted molar refractivity (Wildman–Crippen MR) is 77.5 cm³/mol. The monoisotopic (exact) mass is 384 g/mol. The van der Waals surface area contributed by atoms with Crippen molar-refractivity contribution in [2.45, 2.75) is 18.2 Å². The number of carboxylic acid groups (broad SMARTS) is 1. The third-order valence-electron chi connectivity index (χ3n) is 2.15. The molecule has 20 heavy (non-hydrogen) atoms. The summed E-state index contributed by atoms with van der Waals surface area (Å²) < 4.78 is 26.2. The van der Waals surface area contributed by atoms with Gasteiger partial charge in [0.25, 0.3) is 0 Å². The van der Waals surface area contributed by atoms with E-state index in [1.807, 2.05) is 6.92 Å². The standard InChI is InChI=1S/C10H13BrN2O5S2/c1-2-3-12-8(14)5-13-20(17,18)7-4-6(10(15)16)19-9(7)11/h4,13H,2-3,5H2,1H3,(H,12,14)(H,15,16). The van der Waals surface area contributed by atoms with Gasteiger partial charge in [0.2, 0.25) is 15.9 Å². The molecule has 0 saturated carbocycles. The van der Waals surface area contributed by atoms with E-state index in [4.69, 9.17) is 5.11 Å². The number of aromatic carboxylic acids is 1. The van der Waals surface area contributed by atoms with Crippen molar-refractivity contribution in [3.05, 3.63) is 14.7 Å². The van der Waals surface area contributed by atoms with Gasteiger partial charge in [-0.05, 0) is 28.4 Å². The fourth-order valence-electron chi connectivity index (χ4n) is 1.21. The van der Waals surface area contributed by atoms with Gasteiger partial charge in [-0.1, -0.05) is 6.92 Å². The van der Waals surface area contributed by atoms with E-state index in [-0.39, 0.29) is 13.6 Å². The zero-order valence-electron chi connectivity index (χ0n) is 10.5. The summed E-state index contributed by atoms with van der Waals surface area (Å²) in [5.74, 6) is -1.65. The minimum atomic E-state index is -3.93. The molecule has 0 aromatic carbocycles. The molecule has 1 heterocycles. The zero-order valence-corrected chi connectivity index (χ0v) is 13.7. The van der Waals surface area contributed by atoms with Gasteiger partial charge in [0, 0.05) is 6.54 Å². The van der Waals surface area contributed by atoms with Gasteiger partial charge in [0.05, 0.1) is 10.3 Å². The molecule has 1 rings (SSSR count). The Balaban J connectivity index is 2.79. The Morgan fingerprint density at radius 3 is 2.60 bits per heavy atom. The summed E-state index contributed by atoms with van der Waals surface area (Å²) in [5, 5.41) is 11.3. The van der Waals surface area contributed by atoms with Crippen LogP contribution in [0.3, 0.4) is 0 Å². The first-order valence-electron chi connectivity index (χ1n) is 5.57. The van der Waals surface area contributed by atoms with Gasteiger partial charge < -0.3 is 10.4 Å². The number of rotatable bonds is 7. The quantitative estimate of drug-likeness (QED) is 0.649. The topological polar surface area (TPSA) is 113 Å². The van der Waals surface area contributed by atoms with Gasteiger partial charge in [-0.2, -0.15) is 0 Å². The molecule has 0 aliphatic carbocycles. The van der Waals surface area contributed by atoms with Crippen LogP contribution >= 0.6 is 27.3 Å². The fraction of sp³-hybridized carbons (Fsp3) is 0.400. The van der Waals surface area contributed by atoms with Crippen molar-refractivity contribution in [1.29, 1.82) is 0 Å². The Morgan fingerprint density at radius 1 is 1.45 bits per heavy atom. The maximum Gasteiger partial charge on any atom is 0.345 e. The van der Waals surface area contributed by atoms with Crippen molar-refractivity contribution in [1.82, 2.24) is 10.0 Å². The lowest BCUT2D eigenvalue weighted by Gasteiger charge is -2.06. The molecule has 7 nitrogen and oxygen atoms in total. The van der Waals surface area contributed by atoms with Crippen LogP contribution in [-0.4, -0.2) is 38.5 Å². The first-order chi connectivity index (χ1) is 9.27. The first-order valence-corrected chi connectivity index (χ1v) is 8.66. The number of thiophene rings is 1. The number of sulfonamides is 1. The third-order valence-corrected chi connectivity index (χ3v) is 5.79. The SMILES string of the molecule is CCCNC(=O)CNS(=O)(=O)c1cc(C(=O)O)sc1Br. The minimum Gasteiger partial charge on any atom is -0.477 e. The van der Waals surface area contributed by atoms with E-state index in [1.165, 1.54) is 0 Å². The van der Waals surface area contributed by atoms with E-state index in [9.17, 15) is 18.0 Å². The van der Waals surface area contributed by atoms with Gasteiger partial charge in [0.1, 0.15) is 9.77 Å². The van der Waals surface area contributed by atoms with Crippen molar-refractivity contribution >= 4 is 49.2 Å². The van der Waals surface area contributed by atoms with Crippen LogP contribution in [0.15, 0.2) is 14.7 Å². The smallest absolute Gasteiger partial charge is 0.345 e. The Morgan fingerprint density at radius 2 is 2.10 bits per heavy atom. The second-order valence-electron chi connectivity index (χ2n) is 3.73. The van der Waals surface area contributed by atoms with Crippen LogP contribution in [0, 0.1) is 0 Å². The first kappa shape index (κ1) is 17.1. The Labute approximate surface area is 128 Å². The summed E-state index contributed by atoms with van der Waals surface area (Å²) >= 11 is 3.80. The summed E-state index contributed by atoms with van der Waals surface area (Å²) in [5.41, 5.74) is 0. The molecule has 1 amide bonds. The largest absolute Gasteiger partial charge is 0.477 e. The fourth-order valence-corrected chi connectivity index (χ4v) is 4.59. The van der Waals surface area contributed by atoms with Crippen LogP contribution in [-0.2, 0) is 14.8 Å². The number of hydrogen-bond acceptors (Lipinski definition) is 5. The average Bonchev–Trinajstić information content (AvgIpc) is 2.77. The van der Waals surface area contributed by atoms with Crippen LogP contribution in [0.2, 0.25) is 0 Å². The molecule has 0 spiro atoms. The van der Waals surface area contributed by atoms with Gasteiger partial charge >= 0.3 is 5.97 Å². The Bertz CT molecular complexity index is 611. The van der Waals surface area contributed by atoms with E-state index >= 15 is 0 Å². The van der Waals surface area contributed by atoms with E-state index in [0.717, 1.165) is 23.8 Å². The third kappa shape index (κ3) is 4.54. The molecule has 1 aromatic heterocycles. The zero-order chi connectivity index (χ0) is 15.3. The highest BCUT2D eigenvalue weighted by molar-refractivity contribution is 9.11. The molecule has 0 aliphatic rings.